The first kappa shape index (κ1) is 5.27. The van der Waals surface area contributed by atoms with Gasteiger partial charge in [-0.15, -0.1) is 0 Å². The minimum Gasteiger partial charge on any atom is -0.343 e. The van der Waals surface area contributed by atoms with Crippen LogP contribution in [0.3, 0.4) is 0 Å². The third-order valence-corrected chi connectivity index (χ3v) is 2.65. The van der Waals surface area contributed by atoms with E-state index in [0.717, 1.165) is 12.8 Å². The van der Waals surface area contributed by atoms with Crippen LogP contribution in [0.5, 0.6) is 0 Å². The van der Waals surface area contributed by atoms with Gasteiger partial charge in [-0.05, 0) is 19.3 Å². The zero-order valence-electron chi connectivity index (χ0n) is 5.63. The van der Waals surface area contributed by atoms with Crippen LogP contribution in [-0.4, -0.2) is 23.9 Å². The van der Waals surface area contributed by atoms with Crippen LogP contribution in [0.4, 0.5) is 0 Å². The lowest BCUT2D eigenvalue weighted by atomic mass is 10.1. The zero-order chi connectivity index (χ0) is 6.43. The Morgan fingerprint density at radius 1 is 1.56 bits per heavy atom. The Morgan fingerprint density at radius 2 is 2.33 bits per heavy atom. The summed E-state index contributed by atoms with van der Waals surface area (Å²) in [4.78, 5) is 13.0. The van der Waals surface area contributed by atoms with Crippen molar-refractivity contribution >= 4 is 5.91 Å². The molecule has 2 bridgehead atoms. The molecule has 1 aliphatic heterocycles. The lowest BCUT2D eigenvalue weighted by Crippen LogP contribution is -2.32. The van der Waals surface area contributed by atoms with Crippen molar-refractivity contribution in [1.29, 1.82) is 0 Å². The Morgan fingerprint density at radius 3 is 2.67 bits per heavy atom. The highest BCUT2D eigenvalue weighted by Gasteiger charge is 2.42. The summed E-state index contributed by atoms with van der Waals surface area (Å²) in [7, 11) is 1.92. The fraction of sp³-hybridized carbons (Fsp3) is 0.857. The third kappa shape index (κ3) is 0.533. The van der Waals surface area contributed by atoms with E-state index in [2.05, 4.69) is 0 Å². The number of hydrogen-bond donors (Lipinski definition) is 0. The van der Waals surface area contributed by atoms with Crippen LogP contribution in [0.25, 0.3) is 0 Å². The van der Waals surface area contributed by atoms with Crippen molar-refractivity contribution in [2.45, 2.75) is 25.3 Å². The molecule has 2 nitrogen and oxygen atoms in total. The molecular weight excluding hydrogens is 114 g/mol. The molecular formula is C7H11NO. The number of rotatable bonds is 0. The van der Waals surface area contributed by atoms with Gasteiger partial charge < -0.3 is 4.90 Å². The van der Waals surface area contributed by atoms with Crippen LogP contribution < -0.4 is 0 Å². The van der Waals surface area contributed by atoms with E-state index >= 15 is 0 Å². The van der Waals surface area contributed by atoms with Gasteiger partial charge in [-0.25, -0.2) is 0 Å². The summed E-state index contributed by atoms with van der Waals surface area (Å²) in [6, 6.07) is 0.600. The van der Waals surface area contributed by atoms with Gasteiger partial charge >= 0.3 is 0 Å². The molecule has 0 aromatic heterocycles. The Kier molecular flexibility index (Phi) is 0.875. The lowest BCUT2D eigenvalue weighted by molar-refractivity contribution is -0.132. The highest BCUT2D eigenvalue weighted by molar-refractivity contribution is 5.82. The molecule has 2 aliphatic rings. The number of hydrogen-bond acceptors (Lipinski definition) is 1. The summed E-state index contributed by atoms with van der Waals surface area (Å²) in [6.45, 7) is 0. The first-order valence-electron chi connectivity index (χ1n) is 3.55. The van der Waals surface area contributed by atoms with Crippen molar-refractivity contribution in [2.24, 2.45) is 5.92 Å². The molecule has 0 radical (unpaired) electrons. The second kappa shape index (κ2) is 1.49. The largest absolute Gasteiger partial charge is 0.343 e. The maximum atomic E-state index is 11.1. The molecule has 0 spiro atoms. The maximum Gasteiger partial charge on any atom is 0.225 e. The summed E-state index contributed by atoms with van der Waals surface area (Å²) >= 11 is 0. The van der Waals surface area contributed by atoms with E-state index in [9.17, 15) is 4.79 Å². The van der Waals surface area contributed by atoms with Gasteiger partial charge in [0.15, 0.2) is 0 Å². The first-order chi connectivity index (χ1) is 4.29. The number of nitrogens with zero attached hydrogens (tertiary/aromatic N) is 1. The number of piperidine rings is 1. The van der Waals surface area contributed by atoms with Crippen molar-refractivity contribution in [1.82, 2.24) is 4.90 Å². The fourth-order valence-electron chi connectivity index (χ4n) is 2.00. The molecule has 1 saturated carbocycles. The summed E-state index contributed by atoms with van der Waals surface area (Å²) in [5.74, 6) is 0.784. The van der Waals surface area contributed by atoms with E-state index in [0.29, 0.717) is 17.9 Å². The highest BCUT2D eigenvalue weighted by Crippen LogP contribution is 2.36. The molecule has 2 heteroatoms. The molecule has 50 valence electrons. The Balaban J connectivity index is 2.25. The van der Waals surface area contributed by atoms with Gasteiger partial charge in [0.2, 0.25) is 5.91 Å². The summed E-state index contributed by atoms with van der Waals surface area (Å²) in [6.07, 6.45) is 3.52. The van der Waals surface area contributed by atoms with Crippen molar-refractivity contribution in [3.63, 3.8) is 0 Å². The van der Waals surface area contributed by atoms with Gasteiger partial charge in [0, 0.05) is 19.0 Å². The number of fused-ring (bicyclic) bond motifs is 2. The summed E-state index contributed by atoms with van der Waals surface area (Å²) in [5.41, 5.74) is 0. The van der Waals surface area contributed by atoms with Gasteiger partial charge in [-0.1, -0.05) is 0 Å². The van der Waals surface area contributed by atoms with Crippen LogP contribution >= 0.6 is 0 Å². The normalized spacial score (nSPS) is 40.6. The topological polar surface area (TPSA) is 20.3 Å². The van der Waals surface area contributed by atoms with Gasteiger partial charge in [0.05, 0.1) is 0 Å². The minimum atomic E-state index is 0.381. The molecule has 2 fully saturated rings. The zero-order valence-corrected chi connectivity index (χ0v) is 5.63. The summed E-state index contributed by atoms with van der Waals surface area (Å²) in [5, 5.41) is 0. The Bertz CT molecular complexity index is 151. The van der Waals surface area contributed by atoms with E-state index in [4.69, 9.17) is 0 Å². The smallest absolute Gasteiger partial charge is 0.225 e. The lowest BCUT2D eigenvalue weighted by Gasteiger charge is -2.21. The SMILES string of the molecule is CN1C(=O)[C@@H]2CC[C@H]1C2. The van der Waals surface area contributed by atoms with Gasteiger partial charge in [0.25, 0.3) is 0 Å². The molecule has 1 heterocycles. The standard InChI is InChI=1S/C7H11NO/c1-8-6-3-2-5(4-6)7(8)9/h5-6H,2-4H2,1H3/t5-,6+/m1/s1. The van der Waals surface area contributed by atoms with E-state index < -0.39 is 0 Å². The van der Waals surface area contributed by atoms with Crippen molar-refractivity contribution in [3.8, 4) is 0 Å². The molecule has 2 atom stereocenters. The van der Waals surface area contributed by atoms with Crippen LogP contribution in [0.2, 0.25) is 0 Å². The highest BCUT2D eigenvalue weighted by atomic mass is 16.2. The predicted octanol–water partition coefficient (Wildman–Crippen LogP) is 0.627. The van der Waals surface area contributed by atoms with E-state index in [-0.39, 0.29) is 0 Å². The molecule has 1 saturated heterocycles. The molecule has 2 rings (SSSR count). The van der Waals surface area contributed by atoms with Crippen molar-refractivity contribution in [2.75, 3.05) is 7.05 Å². The molecule has 1 amide bonds. The van der Waals surface area contributed by atoms with E-state index in [1.807, 2.05) is 11.9 Å². The molecule has 0 aromatic carbocycles. The summed E-state index contributed by atoms with van der Waals surface area (Å²) < 4.78 is 0. The monoisotopic (exact) mass is 125 g/mol. The number of carbonyl (C=O) groups is 1. The van der Waals surface area contributed by atoms with Gasteiger partial charge in [-0.2, -0.15) is 0 Å². The van der Waals surface area contributed by atoms with Crippen LogP contribution in [0.1, 0.15) is 19.3 Å². The van der Waals surface area contributed by atoms with Gasteiger partial charge in [0.1, 0.15) is 0 Å². The molecule has 0 aromatic rings. The quantitative estimate of drug-likeness (QED) is 0.465. The number of carbonyl (C=O) groups excluding carboxylic acids is 1. The Hall–Kier alpha value is -0.530. The van der Waals surface area contributed by atoms with E-state index in [1.165, 1.54) is 6.42 Å². The second-order valence-electron chi connectivity index (χ2n) is 3.11. The van der Waals surface area contributed by atoms with E-state index in [1.54, 1.807) is 0 Å². The first-order valence-corrected chi connectivity index (χ1v) is 3.55. The number of amides is 1. The molecule has 0 N–H and O–H groups in total. The fourth-order valence-corrected chi connectivity index (χ4v) is 2.00. The predicted molar refractivity (Wildman–Crippen MR) is 33.9 cm³/mol. The maximum absolute atomic E-state index is 11.1. The van der Waals surface area contributed by atoms with Crippen LogP contribution in [-0.2, 0) is 4.79 Å². The van der Waals surface area contributed by atoms with Crippen molar-refractivity contribution < 1.29 is 4.79 Å². The Labute approximate surface area is 54.8 Å². The average molecular weight is 125 g/mol. The average Bonchev–Trinajstić information content (AvgIpc) is 2.37. The molecule has 0 unspecified atom stereocenters. The number of likely N-dealkylation sites (tertiary alicyclic amines) is 1. The van der Waals surface area contributed by atoms with Crippen molar-refractivity contribution in [3.05, 3.63) is 0 Å². The van der Waals surface area contributed by atoms with Crippen LogP contribution in [0.15, 0.2) is 0 Å². The van der Waals surface area contributed by atoms with Crippen LogP contribution in [0, 0.1) is 5.92 Å². The molecule has 9 heavy (non-hydrogen) atoms. The molecule has 1 aliphatic carbocycles. The van der Waals surface area contributed by atoms with Gasteiger partial charge in [-0.3, -0.25) is 4.79 Å². The third-order valence-electron chi connectivity index (χ3n) is 2.65. The minimum absolute atomic E-state index is 0.381. The second-order valence-corrected chi connectivity index (χ2v) is 3.11.